The molecule has 0 heterocycles. The summed E-state index contributed by atoms with van der Waals surface area (Å²) in [6.07, 6.45) is 5.09. The lowest BCUT2D eigenvalue weighted by atomic mass is 9.95. The first-order valence-corrected chi connectivity index (χ1v) is 9.10. The maximum Gasteiger partial charge on any atom is 0.243 e. The molecule has 1 N–H and O–H groups in total. The van der Waals surface area contributed by atoms with Gasteiger partial charge in [-0.1, -0.05) is 25.3 Å². The van der Waals surface area contributed by atoms with E-state index in [1.807, 2.05) is 19.9 Å². The number of hydrogen-bond acceptors (Lipinski definition) is 3. The molecule has 0 aliphatic heterocycles. The van der Waals surface area contributed by atoms with Gasteiger partial charge in [-0.3, -0.25) is 0 Å². The Morgan fingerprint density at radius 1 is 1.10 bits per heavy atom. The van der Waals surface area contributed by atoms with Crippen molar-refractivity contribution in [1.29, 1.82) is 0 Å². The van der Waals surface area contributed by atoms with Crippen molar-refractivity contribution >= 4 is 10.0 Å². The molecule has 0 atom stereocenters. The van der Waals surface area contributed by atoms with Gasteiger partial charge in [0.15, 0.2) is 0 Å². The van der Waals surface area contributed by atoms with E-state index in [1.165, 1.54) is 10.7 Å². The van der Waals surface area contributed by atoms with Crippen molar-refractivity contribution in [3.63, 3.8) is 0 Å². The Kier molecular flexibility index (Phi) is 5.41. The van der Waals surface area contributed by atoms with Crippen LogP contribution in [-0.2, 0) is 10.0 Å². The Balaban J connectivity index is 2.36. The Bertz CT molecular complexity index is 557. The molecule has 0 unspecified atom stereocenters. The quantitative estimate of drug-likeness (QED) is 0.909. The number of rotatable bonds is 5. The van der Waals surface area contributed by atoms with Gasteiger partial charge in [-0.05, 0) is 49.9 Å². The summed E-state index contributed by atoms with van der Waals surface area (Å²) in [5.74, 6) is 0. The molecule has 5 heteroatoms. The van der Waals surface area contributed by atoms with Gasteiger partial charge < -0.3 is 5.11 Å². The summed E-state index contributed by atoms with van der Waals surface area (Å²) in [6.45, 7) is 3.85. The van der Waals surface area contributed by atoms with Crippen LogP contribution in [0, 0.1) is 13.8 Å². The fourth-order valence-electron chi connectivity index (χ4n) is 3.18. The van der Waals surface area contributed by atoms with Crippen LogP contribution in [0.5, 0.6) is 0 Å². The Morgan fingerprint density at radius 3 is 2.19 bits per heavy atom. The van der Waals surface area contributed by atoms with Gasteiger partial charge >= 0.3 is 0 Å². The normalized spacial score (nSPS) is 17.3. The van der Waals surface area contributed by atoms with Crippen molar-refractivity contribution in [3.8, 4) is 0 Å². The molecular weight excluding hydrogens is 286 g/mol. The van der Waals surface area contributed by atoms with Crippen LogP contribution in [0.3, 0.4) is 0 Å². The van der Waals surface area contributed by atoms with E-state index in [1.54, 1.807) is 12.1 Å². The highest BCUT2D eigenvalue weighted by Gasteiger charge is 2.32. The minimum atomic E-state index is -3.53. The molecule has 1 saturated carbocycles. The maximum atomic E-state index is 12.9. The smallest absolute Gasteiger partial charge is 0.243 e. The van der Waals surface area contributed by atoms with Crippen molar-refractivity contribution in [2.24, 2.45) is 0 Å². The number of aliphatic hydroxyl groups is 1. The van der Waals surface area contributed by atoms with Gasteiger partial charge in [0.2, 0.25) is 10.0 Å². The number of aryl methyl sites for hydroxylation is 2. The number of hydrogen-bond donors (Lipinski definition) is 1. The van der Waals surface area contributed by atoms with E-state index < -0.39 is 10.0 Å². The first kappa shape index (κ1) is 16.5. The molecule has 0 aromatic heterocycles. The highest BCUT2D eigenvalue weighted by molar-refractivity contribution is 7.89. The third-order valence-corrected chi connectivity index (χ3v) is 6.03. The summed E-state index contributed by atoms with van der Waals surface area (Å²) in [5.41, 5.74) is 1.89. The summed E-state index contributed by atoms with van der Waals surface area (Å²) in [5, 5.41) is 9.28. The van der Waals surface area contributed by atoms with Crippen molar-refractivity contribution < 1.29 is 13.5 Å². The van der Waals surface area contributed by atoms with Crippen LogP contribution in [0.2, 0.25) is 0 Å². The second kappa shape index (κ2) is 6.90. The van der Waals surface area contributed by atoms with Gasteiger partial charge in [0, 0.05) is 12.6 Å². The van der Waals surface area contributed by atoms with E-state index in [-0.39, 0.29) is 19.2 Å². The largest absolute Gasteiger partial charge is 0.395 e. The van der Waals surface area contributed by atoms with Crippen molar-refractivity contribution in [2.75, 3.05) is 13.2 Å². The first-order valence-electron chi connectivity index (χ1n) is 7.66. The number of nitrogens with zero attached hydrogens (tertiary/aromatic N) is 1. The highest BCUT2D eigenvalue weighted by Crippen LogP contribution is 2.28. The summed E-state index contributed by atoms with van der Waals surface area (Å²) in [7, 11) is -3.53. The van der Waals surface area contributed by atoms with Gasteiger partial charge in [0.25, 0.3) is 0 Å². The zero-order chi connectivity index (χ0) is 15.5. The lowest BCUT2D eigenvalue weighted by Gasteiger charge is -2.33. The van der Waals surface area contributed by atoms with Crippen LogP contribution in [0.1, 0.15) is 43.2 Å². The van der Waals surface area contributed by atoms with Crippen LogP contribution in [0.15, 0.2) is 23.1 Å². The van der Waals surface area contributed by atoms with Crippen LogP contribution in [0.4, 0.5) is 0 Å². The Labute approximate surface area is 127 Å². The number of benzene rings is 1. The third kappa shape index (κ3) is 3.84. The van der Waals surface area contributed by atoms with E-state index >= 15 is 0 Å². The molecule has 0 amide bonds. The minimum Gasteiger partial charge on any atom is -0.395 e. The zero-order valence-electron chi connectivity index (χ0n) is 12.9. The van der Waals surface area contributed by atoms with E-state index in [4.69, 9.17) is 0 Å². The predicted octanol–water partition coefficient (Wildman–Crippen LogP) is 2.62. The molecule has 4 nitrogen and oxygen atoms in total. The maximum absolute atomic E-state index is 12.9. The summed E-state index contributed by atoms with van der Waals surface area (Å²) in [6, 6.07) is 5.43. The van der Waals surface area contributed by atoms with E-state index in [0.717, 1.165) is 36.8 Å². The molecule has 21 heavy (non-hydrogen) atoms. The van der Waals surface area contributed by atoms with Gasteiger partial charge in [0.05, 0.1) is 11.5 Å². The monoisotopic (exact) mass is 311 g/mol. The van der Waals surface area contributed by atoms with Crippen LogP contribution in [-0.4, -0.2) is 37.0 Å². The van der Waals surface area contributed by atoms with E-state index in [0.29, 0.717) is 4.90 Å². The third-order valence-electron chi connectivity index (χ3n) is 4.10. The molecule has 118 valence electrons. The molecule has 2 rings (SSSR count). The number of aliphatic hydroxyl groups excluding tert-OH is 1. The molecule has 1 aromatic rings. The van der Waals surface area contributed by atoms with Crippen LogP contribution in [0.25, 0.3) is 0 Å². The lowest BCUT2D eigenvalue weighted by molar-refractivity contribution is 0.199. The average molecular weight is 311 g/mol. The molecular formula is C16H25NO3S. The van der Waals surface area contributed by atoms with E-state index in [2.05, 4.69) is 0 Å². The standard InChI is InChI=1S/C16H25NO3S/c1-13-10-14(2)12-16(11-13)21(19,20)17(8-9-18)15-6-4-3-5-7-15/h10-12,15,18H,3-9H2,1-2H3. The topological polar surface area (TPSA) is 57.6 Å². The average Bonchev–Trinajstić information content (AvgIpc) is 2.44. The summed E-state index contributed by atoms with van der Waals surface area (Å²) in [4.78, 5) is 0.346. The Morgan fingerprint density at radius 2 is 1.67 bits per heavy atom. The fraction of sp³-hybridized carbons (Fsp3) is 0.625. The van der Waals surface area contributed by atoms with Gasteiger partial charge in [-0.15, -0.1) is 0 Å². The molecule has 1 aliphatic carbocycles. The van der Waals surface area contributed by atoms with Crippen LogP contribution >= 0.6 is 0 Å². The second-order valence-electron chi connectivity index (χ2n) is 5.95. The van der Waals surface area contributed by atoms with Gasteiger partial charge in [0.1, 0.15) is 0 Å². The van der Waals surface area contributed by atoms with Gasteiger partial charge in [-0.2, -0.15) is 4.31 Å². The SMILES string of the molecule is Cc1cc(C)cc(S(=O)(=O)N(CCO)C2CCCCC2)c1. The van der Waals surface area contributed by atoms with Crippen molar-refractivity contribution in [3.05, 3.63) is 29.3 Å². The summed E-state index contributed by atoms with van der Waals surface area (Å²) >= 11 is 0. The Hall–Kier alpha value is -0.910. The molecule has 0 radical (unpaired) electrons. The van der Waals surface area contributed by atoms with E-state index in [9.17, 15) is 13.5 Å². The van der Waals surface area contributed by atoms with Crippen LogP contribution < -0.4 is 0 Å². The molecule has 0 bridgehead atoms. The minimum absolute atomic E-state index is 0.0247. The highest BCUT2D eigenvalue weighted by atomic mass is 32.2. The second-order valence-corrected chi connectivity index (χ2v) is 7.85. The molecule has 0 spiro atoms. The van der Waals surface area contributed by atoms with Gasteiger partial charge in [-0.25, -0.2) is 8.42 Å². The predicted molar refractivity (Wildman–Crippen MR) is 83.8 cm³/mol. The molecule has 0 saturated heterocycles. The lowest BCUT2D eigenvalue weighted by Crippen LogP contribution is -2.43. The van der Waals surface area contributed by atoms with Crippen molar-refractivity contribution in [2.45, 2.75) is 56.9 Å². The molecule has 1 aliphatic rings. The van der Waals surface area contributed by atoms with Crippen molar-refractivity contribution in [1.82, 2.24) is 4.31 Å². The summed E-state index contributed by atoms with van der Waals surface area (Å²) < 4.78 is 27.4. The first-order chi connectivity index (χ1) is 9.95. The zero-order valence-corrected chi connectivity index (χ0v) is 13.7. The molecule has 1 fully saturated rings. The molecule has 1 aromatic carbocycles. The fourth-order valence-corrected chi connectivity index (χ4v) is 5.05. The number of sulfonamides is 1.